The zero-order valence-electron chi connectivity index (χ0n) is 10.3. The van der Waals surface area contributed by atoms with Crippen molar-refractivity contribution in [1.82, 2.24) is 10.2 Å². The molecule has 1 rings (SSSR count). The summed E-state index contributed by atoms with van der Waals surface area (Å²) in [7, 11) is 0. The maximum atomic E-state index is 12.4. The summed E-state index contributed by atoms with van der Waals surface area (Å²) in [5.41, 5.74) is 4.85. The molecule has 1 unspecified atom stereocenters. The predicted molar refractivity (Wildman–Crippen MR) is 69.4 cm³/mol. The molecule has 1 saturated heterocycles. The second-order valence-electron chi connectivity index (χ2n) is 4.44. The van der Waals surface area contributed by atoms with Crippen LogP contribution >= 0.6 is 12.2 Å². The number of nitrogens with zero attached hydrogens (tertiary/aromatic N) is 1. The van der Waals surface area contributed by atoms with Gasteiger partial charge in [-0.05, 0) is 13.3 Å². The highest BCUT2D eigenvalue weighted by Crippen LogP contribution is 2.25. The molecule has 0 aliphatic carbocycles. The molecule has 6 heteroatoms. The van der Waals surface area contributed by atoms with Crippen LogP contribution < -0.4 is 11.1 Å². The second kappa shape index (κ2) is 5.44. The van der Waals surface area contributed by atoms with Crippen LogP contribution in [0, 0.1) is 5.41 Å². The van der Waals surface area contributed by atoms with E-state index in [1.165, 1.54) is 0 Å². The first kappa shape index (κ1) is 13.9. The van der Waals surface area contributed by atoms with Crippen LogP contribution in [0.25, 0.3) is 0 Å². The average molecular weight is 257 g/mol. The predicted octanol–water partition coefficient (Wildman–Crippen LogP) is 0.0373. The summed E-state index contributed by atoms with van der Waals surface area (Å²) in [5, 5.41) is 2.73. The average Bonchev–Trinajstić information content (AvgIpc) is 2.51. The van der Waals surface area contributed by atoms with E-state index in [0.717, 1.165) is 0 Å². The van der Waals surface area contributed by atoms with Crippen molar-refractivity contribution in [2.45, 2.75) is 26.7 Å². The summed E-state index contributed by atoms with van der Waals surface area (Å²) in [6.07, 6.45) is 0.905. The Balaban J connectivity index is 2.81. The molecule has 3 N–H and O–H groups in total. The van der Waals surface area contributed by atoms with Crippen LogP contribution in [0.1, 0.15) is 26.7 Å². The minimum absolute atomic E-state index is 0.0196. The van der Waals surface area contributed by atoms with Gasteiger partial charge in [0.1, 0.15) is 0 Å². The molecule has 1 aliphatic heterocycles. The maximum Gasteiger partial charge on any atom is 0.235 e. The summed E-state index contributed by atoms with van der Waals surface area (Å²) in [6, 6.07) is 0. The molecule has 17 heavy (non-hydrogen) atoms. The molecule has 1 heterocycles. The van der Waals surface area contributed by atoms with E-state index >= 15 is 0 Å². The smallest absolute Gasteiger partial charge is 0.235 e. The van der Waals surface area contributed by atoms with Crippen molar-refractivity contribution in [3.8, 4) is 0 Å². The first-order chi connectivity index (χ1) is 7.91. The highest BCUT2D eigenvalue weighted by molar-refractivity contribution is 7.80. The van der Waals surface area contributed by atoms with Gasteiger partial charge in [0.05, 0.1) is 10.4 Å². The maximum absolute atomic E-state index is 12.4. The topological polar surface area (TPSA) is 75.4 Å². The summed E-state index contributed by atoms with van der Waals surface area (Å²) >= 11 is 4.98. The van der Waals surface area contributed by atoms with Crippen molar-refractivity contribution in [3.63, 3.8) is 0 Å². The van der Waals surface area contributed by atoms with Gasteiger partial charge in [-0.3, -0.25) is 9.59 Å². The van der Waals surface area contributed by atoms with Crippen molar-refractivity contribution in [2.75, 3.05) is 19.6 Å². The van der Waals surface area contributed by atoms with E-state index in [4.69, 9.17) is 18.0 Å². The Kier molecular flexibility index (Phi) is 4.45. The Hall–Kier alpha value is -1.17. The Morgan fingerprint density at radius 1 is 1.59 bits per heavy atom. The standard InChI is InChI=1S/C11H19N3O2S/c1-3-11(2,9(12)17)10(16)14-6-4-8(15)13-5-7-14/h3-7H2,1-2H3,(H2,12,17)(H,13,15). The van der Waals surface area contributed by atoms with Gasteiger partial charge in [0, 0.05) is 26.1 Å². The molecular formula is C11H19N3O2S. The van der Waals surface area contributed by atoms with Crippen molar-refractivity contribution in [1.29, 1.82) is 0 Å². The minimum atomic E-state index is -0.803. The molecule has 0 radical (unpaired) electrons. The summed E-state index contributed by atoms with van der Waals surface area (Å²) in [6.45, 7) is 5.09. The number of rotatable bonds is 3. The molecule has 1 aliphatic rings. The summed E-state index contributed by atoms with van der Waals surface area (Å²) in [5.74, 6) is -0.0992. The van der Waals surface area contributed by atoms with Crippen molar-refractivity contribution >= 4 is 29.0 Å². The van der Waals surface area contributed by atoms with Crippen molar-refractivity contribution in [2.24, 2.45) is 11.1 Å². The van der Waals surface area contributed by atoms with Gasteiger partial charge in [0.15, 0.2) is 0 Å². The fraction of sp³-hybridized carbons (Fsp3) is 0.727. The second-order valence-corrected chi connectivity index (χ2v) is 4.88. The van der Waals surface area contributed by atoms with Crippen LogP contribution in [0.4, 0.5) is 0 Å². The molecule has 0 aromatic carbocycles. The molecule has 0 aromatic rings. The van der Waals surface area contributed by atoms with E-state index in [9.17, 15) is 9.59 Å². The van der Waals surface area contributed by atoms with E-state index in [1.54, 1.807) is 11.8 Å². The summed E-state index contributed by atoms with van der Waals surface area (Å²) in [4.78, 5) is 25.5. The fourth-order valence-electron chi connectivity index (χ4n) is 1.75. The van der Waals surface area contributed by atoms with Gasteiger partial charge in [0.25, 0.3) is 0 Å². The molecule has 0 aromatic heterocycles. The van der Waals surface area contributed by atoms with Gasteiger partial charge in [0.2, 0.25) is 11.8 Å². The molecule has 0 spiro atoms. The van der Waals surface area contributed by atoms with Gasteiger partial charge in [-0.25, -0.2) is 0 Å². The molecule has 96 valence electrons. The molecule has 0 bridgehead atoms. The first-order valence-electron chi connectivity index (χ1n) is 5.77. The lowest BCUT2D eigenvalue weighted by molar-refractivity contribution is -0.137. The number of nitrogens with two attached hydrogens (primary N) is 1. The lowest BCUT2D eigenvalue weighted by Gasteiger charge is -2.32. The molecule has 2 amide bonds. The van der Waals surface area contributed by atoms with Crippen LogP contribution in [0.15, 0.2) is 0 Å². The van der Waals surface area contributed by atoms with Gasteiger partial charge in [-0.15, -0.1) is 0 Å². The van der Waals surface area contributed by atoms with E-state index in [1.807, 2.05) is 6.92 Å². The Labute approximate surface area is 107 Å². The number of hydrogen-bond donors (Lipinski definition) is 2. The molecule has 1 atom stereocenters. The van der Waals surface area contributed by atoms with Gasteiger partial charge >= 0.3 is 0 Å². The van der Waals surface area contributed by atoms with Crippen molar-refractivity contribution < 1.29 is 9.59 Å². The lowest BCUT2D eigenvalue weighted by atomic mass is 9.85. The quantitative estimate of drug-likeness (QED) is 0.700. The van der Waals surface area contributed by atoms with Crippen LogP contribution in [0.3, 0.4) is 0 Å². The molecule has 0 saturated carbocycles. The fourth-order valence-corrected chi connectivity index (χ4v) is 1.98. The van der Waals surface area contributed by atoms with Crippen LogP contribution in [0.2, 0.25) is 0 Å². The molecule has 1 fully saturated rings. The lowest BCUT2D eigenvalue weighted by Crippen LogP contribution is -2.49. The van der Waals surface area contributed by atoms with Gasteiger partial charge in [-0.2, -0.15) is 0 Å². The summed E-state index contributed by atoms with van der Waals surface area (Å²) < 4.78 is 0. The number of nitrogens with one attached hydrogen (secondary N) is 1. The monoisotopic (exact) mass is 257 g/mol. The normalized spacial score (nSPS) is 20.1. The van der Waals surface area contributed by atoms with E-state index in [0.29, 0.717) is 32.5 Å². The molecule has 5 nitrogen and oxygen atoms in total. The zero-order chi connectivity index (χ0) is 13.1. The number of thiocarbonyl (C=S) groups is 1. The third-order valence-corrected chi connectivity index (χ3v) is 3.77. The van der Waals surface area contributed by atoms with Gasteiger partial charge in [-0.1, -0.05) is 19.1 Å². The van der Waals surface area contributed by atoms with E-state index in [-0.39, 0.29) is 16.8 Å². The zero-order valence-corrected chi connectivity index (χ0v) is 11.1. The first-order valence-corrected chi connectivity index (χ1v) is 6.18. The number of carbonyl (C=O) groups is 2. The number of amides is 2. The Morgan fingerprint density at radius 3 is 2.76 bits per heavy atom. The largest absolute Gasteiger partial charge is 0.392 e. The SMILES string of the molecule is CCC(C)(C(=O)N1CCNC(=O)CC1)C(N)=S. The third kappa shape index (κ3) is 2.94. The Morgan fingerprint density at radius 2 is 2.24 bits per heavy atom. The van der Waals surface area contributed by atoms with E-state index in [2.05, 4.69) is 5.32 Å². The highest BCUT2D eigenvalue weighted by atomic mass is 32.1. The number of carbonyl (C=O) groups excluding carboxylic acids is 2. The van der Waals surface area contributed by atoms with Crippen LogP contribution in [-0.2, 0) is 9.59 Å². The van der Waals surface area contributed by atoms with Crippen molar-refractivity contribution in [3.05, 3.63) is 0 Å². The van der Waals surface area contributed by atoms with Crippen LogP contribution in [0.5, 0.6) is 0 Å². The minimum Gasteiger partial charge on any atom is -0.392 e. The highest BCUT2D eigenvalue weighted by Gasteiger charge is 2.38. The third-order valence-electron chi connectivity index (χ3n) is 3.32. The number of hydrogen-bond acceptors (Lipinski definition) is 3. The van der Waals surface area contributed by atoms with E-state index < -0.39 is 5.41 Å². The van der Waals surface area contributed by atoms with Gasteiger partial charge < -0.3 is 16.0 Å². The Bertz CT molecular complexity index is 346. The molecular weight excluding hydrogens is 238 g/mol. The van der Waals surface area contributed by atoms with Crippen LogP contribution in [-0.4, -0.2) is 41.3 Å².